The lowest BCUT2D eigenvalue weighted by molar-refractivity contribution is -0.386. The Morgan fingerprint density at radius 2 is 2.12 bits per heavy atom. The van der Waals surface area contributed by atoms with Gasteiger partial charge in [-0.2, -0.15) is 4.39 Å². The lowest BCUT2D eigenvalue weighted by Crippen LogP contribution is -2.24. The van der Waals surface area contributed by atoms with E-state index in [1.165, 1.54) is 20.0 Å². The first-order valence-corrected chi connectivity index (χ1v) is 5.44. The predicted octanol–water partition coefficient (Wildman–Crippen LogP) is 2.79. The molecule has 0 saturated carbocycles. The molecule has 0 aromatic heterocycles. The minimum Gasteiger partial charge on any atom is -0.310 e. The summed E-state index contributed by atoms with van der Waals surface area (Å²) in [6.07, 6.45) is 0. The summed E-state index contributed by atoms with van der Waals surface area (Å²) in [7, 11) is 1.36. The zero-order chi connectivity index (χ0) is 13.3. The summed E-state index contributed by atoms with van der Waals surface area (Å²) in [5.74, 6) is -1.38. The van der Waals surface area contributed by atoms with Crippen molar-refractivity contribution in [3.05, 3.63) is 32.0 Å². The van der Waals surface area contributed by atoms with Crippen molar-refractivity contribution in [2.75, 3.05) is 11.9 Å². The molecule has 0 fully saturated rings. The van der Waals surface area contributed by atoms with Gasteiger partial charge in [-0.25, -0.2) is 0 Å². The van der Waals surface area contributed by atoms with Gasteiger partial charge in [-0.3, -0.25) is 14.9 Å². The van der Waals surface area contributed by atoms with Crippen LogP contribution in [0.3, 0.4) is 0 Å². The average Bonchev–Trinajstić information content (AvgIpc) is 2.23. The highest BCUT2D eigenvalue weighted by Crippen LogP contribution is 2.37. The van der Waals surface area contributed by atoms with Crippen LogP contribution in [0.1, 0.15) is 12.5 Å². The quantitative estimate of drug-likeness (QED) is 0.623. The zero-order valence-corrected chi connectivity index (χ0v) is 11.0. The predicted molar refractivity (Wildman–Crippen MR) is 64.6 cm³/mol. The van der Waals surface area contributed by atoms with Crippen LogP contribution in [-0.4, -0.2) is 17.9 Å². The topological polar surface area (TPSA) is 63.5 Å². The van der Waals surface area contributed by atoms with Crippen LogP contribution >= 0.6 is 15.9 Å². The average molecular weight is 305 g/mol. The molecule has 5 nitrogen and oxygen atoms in total. The number of carbonyl (C=O) groups is 1. The summed E-state index contributed by atoms with van der Waals surface area (Å²) < 4.78 is 13.8. The van der Waals surface area contributed by atoms with Gasteiger partial charge >= 0.3 is 5.69 Å². The number of anilines is 1. The number of rotatable bonds is 2. The van der Waals surface area contributed by atoms with Crippen LogP contribution in [0.5, 0.6) is 0 Å². The normalized spacial score (nSPS) is 10.2. The fourth-order valence-electron chi connectivity index (χ4n) is 1.33. The highest BCUT2D eigenvalue weighted by atomic mass is 79.9. The maximum absolute atomic E-state index is 13.8. The maximum atomic E-state index is 13.8. The van der Waals surface area contributed by atoms with Crippen LogP contribution < -0.4 is 4.90 Å². The van der Waals surface area contributed by atoms with Crippen LogP contribution in [0.15, 0.2) is 10.5 Å². The van der Waals surface area contributed by atoms with Crippen LogP contribution in [0, 0.1) is 22.9 Å². The number of hydrogen-bond donors (Lipinski definition) is 0. The zero-order valence-electron chi connectivity index (χ0n) is 9.45. The summed E-state index contributed by atoms with van der Waals surface area (Å²) in [6.45, 7) is 2.84. The Balaban J connectivity index is 3.59. The van der Waals surface area contributed by atoms with E-state index in [0.717, 1.165) is 4.90 Å². The number of halogens is 2. The number of amides is 1. The second-order valence-electron chi connectivity index (χ2n) is 3.52. The molecule has 0 aliphatic carbocycles. The summed E-state index contributed by atoms with van der Waals surface area (Å²) in [4.78, 5) is 22.2. The molecule has 1 amide bonds. The molecule has 7 heteroatoms. The number of hydrogen-bond acceptors (Lipinski definition) is 3. The molecule has 0 heterocycles. The Morgan fingerprint density at radius 1 is 1.59 bits per heavy atom. The Kier molecular flexibility index (Phi) is 3.82. The van der Waals surface area contributed by atoms with Gasteiger partial charge in [-0.1, -0.05) is 0 Å². The molecule has 92 valence electrons. The molecule has 1 rings (SSSR count). The first kappa shape index (κ1) is 13.6. The Bertz CT molecular complexity index is 505. The summed E-state index contributed by atoms with van der Waals surface area (Å²) in [5, 5.41) is 10.8. The van der Waals surface area contributed by atoms with Crippen molar-refractivity contribution in [1.82, 2.24) is 0 Å². The van der Waals surface area contributed by atoms with E-state index in [0.29, 0.717) is 5.56 Å². The minimum absolute atomic E-state index is 0.0323. The van der Waals surface area contributed by atoms with E-state index in [1.54, 1.807) is 6.92 Å². The van der Waals surface area contributed by atoms with Crippen molar-refractivity contribution < 1.29 is 14.1 Å². The highest BCUT2D eigenvalue weighted by molar-refractivity contribution is 9.10. The third-order valence-corrected chi connectivity index (χ3v) is 3.33. The second-order valence-corrected chi connectivity index (χ2v) is 4.32. The molecule has 0 atom stereocenters. The Morgan fingerprint density at radius 3 is 2.53 bits per heavy atom. The van der Waals surface area contributed by atoms with Gasteiger partial charge in [-0.15, -0.1) is 0 Å². The molecule has 0 unspecified atom stereocenters. The van der Waals surface area contributed by atoms with E-state index in [9.17, 15) is 19.3 Å². The van der Waals surface area contributed by atoms with Crippen molar-refractivity contribution in [3.63, 3.8) is 0 Å². The third kappa shape index (κ3) is 2.44. The first-order valence-electron chi connectivity index (χ1n) is 4.64. The van der Waals surface area contributed by atoms with Gasteiger partial charge in [0, 0.05) is 14.0 Å². The van der Waals surface area contributed by atoms with E-state index < -0.39 is 22.3 Å². The molecule has 0 spiro atoms. The van der Waals surface area contributed by atoms with Crippen LogP contribution in [0.4, 0.5) is 15.8 Å². The molecular weight excluding hydrogens is 295 g/mol. The first-order chi connectivity index (χ1) is 7.77. The SMILES string of the molecule is CC(=O)N(C)c1cc(C)c(Br)c(F)c1[N+](=O)[O-]. The molecule has 0 aliphatic heterocycles. The van der Waals surface area contributed by atoms with E-state index in [4.69, 9.17) is 0 Å². The van der Waals surface area contributed by atoms with Gasteiger partial charge in [0.05, 0.1) is 9.40 Å². The molecule has 0 saturated heterocycles. The number of carbonyl (C=O) groups excluding carboxylic acids is 1. The fourth-order valence-corrected chi connectivity index (χ4v) is 1.63. The van der Waals surface area contributed by atoms with E-state index in [2.05, 4.69) is 15.9 Å². The van der Waals surface area contributed by atoms with Crippen molar-refractivity contribution in [3.8, 4) is 0 Å². The van der Waals surface area contributed by atoms with Crippen molar-refractivity contribution in [2.45, 2.75) is 13.8 Å². The van der Waals surface area contributed by atoms with Crippen LogP contribution in [0.2, 0.25) is 0 Å². The number of nitrogens with zero attached hydrogens (tertiary/aromatic N) is 2. The van der Waals surface area contributed by atoms with Gasteiger partial charge in [0.25, 0.3) is 0 Å². The molecule has 1 aromatic carbocycles. The highest BCUT2D eigenvalue weighted by Gasteiger charge is 2.27. The lowest BCUT2D eigenvalue weighted by Gasteiger charge is -2.16. The molecule has 0 bridgehead atoms. The lowest BCUT2D eigenvalue weighted by atomic mass is 10.1. The van der Waals surface area contributed by atoms with Gasteiger partial charge in [-0.05, 0) is 34.5 Å². The van der Waals surface area contributed by atoms with Gasteiger partial charge < -0.3 is 4.90 Å². The molecule has 0 N–H and O–H groups in total. The maximum Gasteiger partial charge on any atom is 0.329 e. The summed E-state index contributed by atoms with van der Waals surface area (Å²) in [5.41, 5.74) is -0.280. The number of nitro benzene ring substituents is 1. The van der Waals surface area contributed by atoms with Gasteiger partial charge in [0.1, 0.15) is 5.69 Å². The number of benzene rings is 1. The van der Waals surface area contributed by atoms with E-state index in [-0.39, 0.29) is 10.2 Å². The number of aryl methyl sites for hydroxylation is 1. The minimum atomic E-state index is -0.974. The van der Waals surface area contributed by atoms with Crippen molar-refractivity contribution in [1.29, 1.82) is 0 Å². The van der Waals surface area contributed by atoms with Crippen LogP contribution in [-0.2, 0) is 4.79 Å². The molecule has 0 aliphatic rings. The monoisotopic (exact) mass is 304 g/mol. The third-order valence-electron chi connectivity index (χ3n) is 2.36. The standard InChI is InChI=1S/C10H10BrFN2O3/c1-5-4-7(13(3)6(2)15)10(14(16)17)9(12)8(5)11/h4H,1-3H3. The molecule has 1 aromatic rings. The smallest absolute Gasteiger partial charge is 0.310 e. The largest absolute Gasteiger partial charge is 0.329 e. The summed E-state index contributed by atoms with van der Waals surface area (Å²) in [6, 6.07) is 1.40. The molecular formula is C10H10BrFN2O3. The van der Waals surface area contributed by atoms with Gasteiger partial charge in [0.15, 0.2) is 0 Å². The second kappa shape index (κ2) is 4.79. The van der Waals surface area contributed by atoms with Crippen molar-refractivity contribution in [2.24, 2.45) is 0 Å². The molecule has 17 heavy (non-hydrogen) atoms. The van der Waals surface area contributed by atoms with E-state index >= 15 is 0 Å². The Hall–Kier alpha value is -1.50. The van der Waals surface area contributed by atoms with Gasteiger partial charge in [0.2, 0.25) is 11.7 Å². The fraction of sp³-hybridized carbons (Fsp3) is 0.300. The van der Waals surface area contributed by atoms with Crippen molar-refractivity contribution >= 4 is 33.2 Å². The summed E-state index contributed by atoms with van der Waals surface area (Å²) >= 11 is 2.94. The van der Waals surface area contributed by atoms with E-state index in [1.807, 2.05) is 0 Å². The Labute approximate surface area is 105 Å². The van der Waals surface area contributed by atoms with Crippen LogP contribution in [0.25, 0.3) is 0 Å². The molecule has 0 radical (unpaired) electrons. The number of nitro groups is 1.